The van der Waals surface area contributed by atoms with Gasteiger partial charge in [-0.3, -0.25) is 4.98 Å². The van der Waals surface area contributed by atoms with Crippen LogP contribution in [0.4, 0.5) is 10.1 Å². The van der Waals surface area contributed by atoms with E-state index in [1.54, 1.807) is 0 Å². The molecule has 1 heterocycles. The zero-order valence-electron chi connectivity index (χ0n) is 18.3. The van der Waals surface area contributed by atoms with Gasteiger partial charge >= 0.3 is 0 Å². The molecule has 2 N–H and O–H groups in total. The van der Waals surface area contributed by atoms with E-state index in [0.717, 1.165) is 54.9 Å². The van der Waals surface area contributed by atoms with E-state index in [0.29, 0.717) is 17.0 Å². The molecule has 0 saturated heterocycles. The Bertz CT molecular complexity index is 962. The molecule has 1 aromatic heterocycles. The highest BCUT2D eigenvalue weighted by Crippen LogP contribution is 2.39. The average molecular weight is 440 g/mol. The summed E-state index contributed by atoms with van der Waals surface area (Å²) in [5, 5.41) is 7.40. The molecule has 3 rings (SSSR count). The quantitative estimate of drug-likeness (QED) is 0.324. The molecule has 0 spiro atoms. The molecule has 0 fully saturated rings. The minimum absolute atomic E-state index is 0.398. The summed E-state index contributed by atoms with van der Waals surface area (Å²) in [6.07, 6.45) is 5.10. The number of aryl methyl sites for hydroxylation is 2. The van der Waals surface area contributed by atoms with Gasteiger partial charge in [0.25, 0.3) is 0 Å². The van der Waals surface area contributed by atoms with Crippen molar-refractivity contribution in [2.24, 2.45) is 0 Å². The molecule has 0 aliphatic carbocycles. The lowest BCUT2D eigenvalue weighted by molar-refractivity contribution is 0.335. The molecule has 3 nitrogen and oxygen atoms in total. The van der Waals surface area contributed by atoms with Crippen LogP contribution in [0.15, 0.2) is 60.9 Å². The number of nitrogens with one attached hydrogen (secondary N) is 2. The van der Waals surface area contributed by atoms with Gasteiger partial charge in [-0.25, -0.2) is 4.39 Å². The number of rotatable bonds is 11. The molecule has 1 unspecified atom stereocenters. The number of hydrogen-bond donors (Lipinski definition) is 2. The van der Waals surface area contributed by atoms with Crippen LogP contribution in [0.25, 0.3) is 11.1 Å². The van der Waals surface area contributed by atoms with Crippen LogP contribution in [0.3, 0.4) is 0 Å². The van der Waals surface area contributed by atoms with Gasteiger partial charge in [-0.15, -0.1) is 0 Å². The van der Waals surface area contributed by atoms with Crippen molar-refractivity contribution in [1.82, 2.24) is 10.3 Å². The van der Waals surface area contributed by atoms with E-state index in [2.05, 4.69) is 27.8 Å². The van der Waals surface area contributed by atoms with Crippen LogP contribution in [-0.4, -0.2) is 24.6 Å². The Labute approximate surface area is 190 Å². The van der Waals surface area contributed by atoms with Crippen LogP contribution in [0, 0.1) is 6.92 Å². The van der Waals surface area contributed by atoms with Crippen molar-refractivity contribution in [3.63, 3.8) is 0 Å². The molecule has 31 heavy (non-hydrogen) atoms. The number of pyridine rings is 1. The topological polar surface area (TPSA) is 37.0 Å². The van der Waals surface area contributed by atoms with Crippen molar-refractivity contribution in [1.29, 1.82) is 0 Å². The molecule has 0 aliphatic rings. The third-order valence-corrected chi connectivity index (χ3v) is 5.85. The van der Waals surface area contributed by atoms with Crippen LogP contribution in [0.1, 0.15) is 42.6 Å². The molecule has 0 saturated carbocycles. The molecule has 0 radical (unpaired) electrons. The molecule has 5 heteroatoms. The van der Waals surface area contributed by atoms with Gasteiger partial charge in [-0.1, -0.05) is 42.8 Å². The summed E-state index contributed by atoms with van der Waals surface area (Å²) >= 11 is 6.65. The smallest absolute Gasteiger partial charge is 0.126 e. The van der Waals surface area contributed by atoms with Crippen molar-refractivity contribution < 1.29 is 4.39 Å². The van der Waals surface area contributed by atoms with E-state index in [4.69, 9.17) is 11.6 Å². The highest BCUT2D eigenvalue weighted by molar-refractivity contribution is 6.34. The van der Waals surface area contributed by atoms with Gasteiger partial charge in [0.15, 0.2) is 0 Å². The zero-order valence-corrected chi connectivity index (χ0v) is 19.1. The first-order chi connectivity index (χ1) is 15.1. The standard InChI is InChI=1S/C26H31ClFN3/c1-3-25(28)24-18-21(17-23(26(24)27)22-9-5-4-7-19(22)2)31-16-15-29-12-6-8-20-10-13-30-14-11-20/h4-5,7,9-11,13-14,17-18,25,29,31H,3,6,8,12,15-16H2,1-2H3. The summed E-state index contributed by atoms with van der Waals surface area (Å²) < 4.78 is 14.6. The van der Waals surface area contributed by atoms with Crippen LogP contribution >= 0.6 is 11.6 Å². The molecule has 3 aromatic rings. The van der Waals surface area contributed by atoms with Crippen LogP contribution in [-0.2, 0) is 6.42 Å². The number of benzene rings is 2. The van der Waals surface area contributed by atoms with E-state index in [1.165, 1.54) is 5.56 Å². The second-order valence-electron chi connectivity index (χ2n) is 7.75. The Morgan fingerprint density at radius 2 is 1.77 bits per heavy atom. The SMILES string of the molecule is CCC(F)c1cc(NCCNCCCc2ccncc2)cc(-c2ccccc2C)c1Cl. The molecule has 2 aromatic carbocycles. The van der Waals surface area contributed by atoms with Crippen molar-refractivity contribution in [3.8, 4) is 11.1 Å². The highest BCUT2D eigenvalue weighted by atomic mass is 35.5. The Kier molecular flexibility index (Phi) is 8.86. The summed E-state index contributed by atoms with van der Waals surface area (Å²) in [5.41, 5.74) is 5.79. The van der Waals surface area contributed by atoms with Crippen LogP contribution in [0.5, 0.6) is 0 Å². The molecule has 1 atom stereocenters. The van der Waals surface area contributed by atoms with Gasteiger partial charge < -0.3 is 10.6 Å². The molecule has 0 aliphatic heterocycles. The van der Waals surface area contributed by atoms with E-state index >= 15 is 0 Å². The summed E-state index contributed by atoms with van der Waals surface area (Å²) in [7, 11) is 0. The fourth-order valence-corrected chi connectivity index (χ4v) is 3.98. The van der Waals surface area contributed by atoms with Crippen molar-refractivity contribution in [3.05, 3.63) is 82.6 Å². The van der Waals surface area contributed by atoms with E-state index in [-0.39, 0.29) is 0 Å². The first kappa shape index (κ1) is 23.2. The Morgan fingerprint density at radius 1 is 1.00 bits per heavy atom. The third kappa shape index (κ3) is 6.52. The highest BCUT2D eigenvalue weighted by Gasteiger charge is 2.18. The normalized spacial score (nSPS) is 12.0. The second-order valence-corrected chi connectivity index (χ2v) is 8.13. The summed E-state index contributed by atoms with van der Waals surface area (Å²) in [4.78, 5) is 4.05. The van der Waals surface area contributed by atoms with Gasteiger partial charge in [0.05, 0.1) is 5.02 Å². The minimum atomic E-state index is -1.08. The van der Waals surface area contributed by atoms with E-state index in [9.17, 15) is 4.39 Å². The number of hydrogen-bond acceptors (Lipinski definition) is 3. The van der Waals surface area contributed by atoms with Crippen molar-refractivity contribution in [2.75, 3.05) is 25.0 Å². The number of alkyl halides is 1. The summed E-state index contributed by atoms with van der Waals surface area (Å²) in [6.45, 7) is 6.43. The molecular formula is C26H31ClFN3. The Morgan fingerprint density at radius 3 is 2.52 bits per heavy atom. The number of anilines is 1. The zero-order chi connectivity index (χ0) is 22.1. The Hall–Kier alpha value is -2.43. The summed E-state index contributed by atoms with van der Waals surface area (Å²) in [6, 6.07) is 16.1. The average Bonchev–Trinajstić information content (AvgIpc) is 2.80. The first-order valence-corrected chi connectivity index (χ1v) is 11.3. The lowest BCUT2D eigenvalue weighted by atomic mass is 9.96. The van der Waals surface area contributed by atoms with E-state index < -0.39 is 6.17 Å². The predicted molar refractivity (Wildman–Crippen MR) is 130 cm³/mol. The summed E-state index contributed by atoms with van der Waals surface area (Å²) in [5.74, 6) is 0. The maximum absolute atomic E-state index is 14.6. The van der Waals surface area contributed by atoms with Gasteiger partial charge in [0.1, 0.15) is 6.17 Å². The monoisotopic (exact) mass is 439 g/mol. The van der Waals surface area contributed by atoms with Gasteiger partial charge in [-0.2, -0.15) is 0 Å². The number of aromatic nitrogens is 1. The molecule has 0 bridgehead atoms. The van der Waals surface area contributed by atoms with Gasteiger partial charge in [-0.05, 0) is 73.7 Å². The van der Waals surface area contributed by atoms with Crippen LogP contribution < -0.4 is 10.6 Å². The van der Waals surface area contributed by atoms with E-state index in [1.807, 2.05) is 62.6 Å². The Balaban J connectivity index is 1.60. The predicted octanol–water partition coefficient (Wildman–Crippen LogP) is 6.77. The van der Waals surface area contributed by atoms with Crippen molar-refractivity contribution >= 4 is 17.3 Å². The maximum atomic E-state index is 14.6. The fraction of sp³-hybridized carbons (Fsp3) is 0.346. The lowest BCUT2D eigenvalue weighted by Gasteiger charge is -2.18. The third-order valence-electron chi connectivity index (χ3n) is 5.43. The number of halogens is 2. The largest absolute Gasteiger partial charge is 0.384 e. The van der Waals surface area contributed by atoms with Crippen LogP contribution in [0.2, 0.25) is 5.02 Å². The van der Waals surface area contributed by atoms with Crippen molar-refractivity contribution in [2.45, 2.75) is 39.3 Å². The van der Waals surface area contributed by atoms with Gasteiger partial charge in [0, 0.05) is 42.3 Å². The second kappa shape index (κ2) is 11.8. The molecular weight excluding hydrogens is 409 g/mol. The first-order valence-electron chi connectivity index (χ1n) is 11.0. The molecule has 0 amide bonds. The molecule has 164 valence electrons. The number of nitrogens with zero attached hydrogens (tertiary/aromatic N) is 1. The maximum Gasteiger partial charge on any atom is 0.126 e. The van der Waals surface area contributed by atoms with Gasteiger partial charge in [0.2, 0.25) is 0 Å². The minimum Gasteiger partial charge on any atom is -0.384 e. The fourth-order valence-electron chi connectivity index (χ4n) is 3.66. The lowest BCUT2D eigenvalue weighted by Crippen LogP contribution is -2.23.